The lowest BCUT2D eigenvalue weighted by Crippen LogP contribution is -2.24. The standard InChI is InChI=1S/C19H16N4OS2/c24-18(17-12-21-19(26-17)16-7-4-10-25-16)20-9-8-14-11-22-23(13-14)15-5-2-1-3-6-15/h1-7,10-13H,8-9H2,(H,20,24). The molecule has 26 heavy (non-hydrogen) atoms. The summed E-state index contributed by atoms with van der Waals surface area (Å²) in [5, 5.41) is 10.2. The van der Waals surface area contributed by atoms with Crippen LogP contribution in [-0.4, -0.2) is 27.2 Å². The Hall–Kier alpha value is -2.77. The molecule has 0 aliphatic rings. The molecule has 0 bridgehead atoms. The van der Waals surface area contributed by atoms with Gasteiger partial charge in [0.05, 0.1) is 23.0 Å². The topological polar surface area (TPSA) is 59.8 Å². The number of benzene rings is 1. The summed E-state index contributed by atoms with van der Waals surface area (Å²) in [6.45, 7) is 0.561. The van der Waals surface area contributed by atoms with Crippen LogP contribution in [0.15, 0.2) is 66.4 Å². The normalized spacial score (nSPS) is 10.8. The van der Waals surface area contributed by atoms with Crippen LogP contribution in [0.4, 0.5) is 0 Å². The number of nitrogens with one attached hydrogen (secondary N) is 1. The quantitative estimate of drug-likeness (QED) is 0.549. The molecule has 1 N–H and O–H groups in total. The van der Waals surface area contributed by atoms with E-state index in [1.807, 2.05) is 64.9 Å². The first-order valence-electron chi connectivity index (χ1n) is 8.16. The van der Waals surface area contributed by atoms with Gasteiger partial charge in [0, 0.05) is 12.7 Å². The van der Waals surface area contributed by atoms with Crippen LogP contribution in [0.2, 0.25) is 0 Å². The third-order valence-electron chi connectivity index (χ3n) is 3.82. The fourth-order valence-electron chi connectivity index (χ4n) is 2.51. The summed E-state index contributed by atoms with van der Waals surface area (Å²) < 4.78 is 1.84. The minimum absolute atomic E-state index is 0.0826. The Morgan fingerprint density at radius 3 is 2.81 bits per heavy atom. The van der Waals surface area contributed by atoms with Crippen molar-refractivity contribution in [3.63, 3.8) is 0 Å². The zero-order valence-electron chi connectivity index (χ0n) is 13.8. The number of hydrogen-bond acceptors (Lipinski definition) is 5. The van der Waals surface area contributed by atoms with Gasteiger partial charge in [-0.05, 0) is 35.6 Å². The van der Waals surface area contributed by atoms with Gasteiger partial charge in [-0.3, -0.25) is 4.79 Å². The minimum Gasteiger partial charge on any atom is -0.351 e. The zero-order chi connectivity index (χ0) is 17.8. The molecule has 0 atom stereocenters. The lowest BCUT2D eigenvalue weighted by Gasteiger charge is -2.02. The van der Waals surface area contributed by atoms with Gasteiger partial charge in [-0.15, -0.1) is 22.7 Å². The van der Waals surface area contributed by atoms with Crippen molar-refractivity contribution in [3.8, 4) is 15.6 Å². The van der Waals surface area contributed by atoms with Crippen molar-refractivity contribution in [2.45, 2.75) is 6.42 Å². The van der Waals surface area contributed by atoms with Gasteiger partial charge in [-0.2, -0.15) is 5.10 Å². The minimum atomic E-state index is -0.0826. The Labute approximate surface area is 159 Å². The maximum atomic E-state index is 12.3. The maximum Gasteiger partial charge on any atom is 0.263 e. The largest absolute Gasteiger partial charge is 0.351 e. The number of carbonyl (C=O) groups is 1. The van der Waals surface area contributed by atoms with Crippen LogP contribution in [0.1, 0.15) is 15.2 Å². The summed E-state index contributed by atoms with van der Waals surface area (Å²) in [7, 11) is 0. The third-order valence-corrected chi connectivity index (χ3v) is 5.85. The number of para-hydroxylation sites is 1. The van der Waals surface area contributed by atoms with E-state index < -0.39 is 0 Å². The Morgan fingerprint density at radius 2 is 2.00 bits per heavy atom. The molecule has 1 aromatic carbocycles. The molecule has 0 aliphatic heterocycles. The molecule has 0 saturated heterocycles. The Bertz CT molecular complexity index is 990. The average molecular weight is 380 g/mol. The van der Waals surface area contributed by atoms with E-state index in [9.17, 15) is 4.79 Å². The van der Waals surface area contributed by atoms with E-state index in [0.29, 0.717) is 11.4 Å². The lowest BCUT2D eigenvalue weighted by molar-refractivity contribution is 0.0958. The molecule has 1 amide bonds. The number of rotatable bonds is 6. The Kier molecular flexibility index (Phi) is 4.90. The monoisotopic (exact) mass is 380 g/mol. The van der Waals surface area contributed by atoms with Gasteiger partial charge < -0.3 is 5.32 Å². The van der Waals surface area contributed by atoms with Gasteiger partial charge in [-0.25, -0.2) is 9.67 Å². The summed E-state index contributed by atoms with van der Waals surface area (Å²) in [5.74, 6) is -0.0826. The SMILES string of the molecule is O=C(NCCc1cnn(-c2ccccc2)c1)c1cnc(-c2cccs2)s1. The number of amides is 1. The second kappa shape index (κ2) is 7.63. The molecule has 0 radical (unpaired) electrons. The zero-order valence-corrected chi connectivity index (χ0v) is 15.5. The molecule has 130 valence electrons. The van der Waals surface area contributed by atoms with Gasteiger partial charge in [0.15, 0.2) is 0 Å². The fraction of sp³-hybridized carbons (Fsp3) is 0.105. The van der Waals surface area contributed by atoms with Crippen LogP contribution in [0.25, 0.3) is 15.6 Å². The van der Waals surface area contributed by atoms with Crippen molar-refractivity contribution in [2.75, 3.05) is 6.54 Å². The molecule has 0 saturated carbocycles. The van der Waals surface area contributed by atoms with E-state index in [2.05, 4.69) is 15.4 Å². The van der Waals surface area contributed by atoms with Crippen LogP contribution >= 0.6 is 22.7 Å². The molecule has 0 aliphatic carbocycles. The van der Waals surface area contributed by atoms with Gasteiger partial charge >= 0.3 is 0 Å². The first kappa shape index (κ1) is 16.7. The highest BCUT2D eigenvalue weighted by molar-refractivity contribution is 7.21. The molecular formula is C19H16N4OS2. The van der Waals surface area contributed by atoms with Crippen molar-refractivity contribution >= 4 is 28.6 Å². The summed E-state index contributed by atoms with van der Waals surface area (Å²) in [5.41, 5.74) is 2.10. The summed E-state index contributed by atoms with van der Waals surface area (Å²) >= 11 is 3.04. The third kappa shape index (κ3) is 3.74. The number of thiazole rings is 1. The van der Waals surface area contributed by atoms with Gasteiger partial charge in [0.25, 0.3) is 5.91 Å². The molecule has 0 spiro atoms. The lowest BCUT2D eigenvalue weighted by atomic mass is 10.2. The molecular weight excluding hydrogens is 364 g/mol. The molecule has 3 aromatic heterocycles. The van der Waals surface area contributed by atoms with E-state index in [0.717, 1.165) is 27.6 Å². The second-order valence-corrected chi connectivity index (χ2v) is 7.62. The predicted octanol–water partition coefficient (Wildman–Crippen LogP) is 4.03. The van der Waals surface area contributed by atoms with E-state index in [-0.39, 0.29) is 5.91 Å². The molecule has 3 heterocycles. The Morgan fingerprint density at radius 1 is 1.12 bits per heavy atom. The summed E-state index contributed by atoms with van der Waals surface area (Å²) in [6.07, 6.45) is 6.20. The fourth-order valence-corrected chi connectivity index (χ4v) is 4.15. The van der Waals surface area contributed by atoms with Crippen molar-refractivity contribution in [3.05, 3.63) is 76.9 Å². The smallest absolute Gasteiger partial charge is 0.263 e. The van der Waals surface area contributed by atoms with E-state index in [1.54, 1.807) is 17.5 Å². The number of hydrogen-bond donors (Lipinski definition) is 1. The van der Waals surface area contributed by atoms with Crippen LogP contribution in [0.5, 0.6) is 0 Å². The first-order valence-corrected chi connectivity index (χ1v) is 9.86. The van der Waals surface area contributed by atoms with Crippen molar-refractivity contribution in [1.82, 2.24) is 20.1 Å². The summed E-state index contributed by atoms with van der Waals surface area (Å²) in [6, 6.07) is 14.0. The van der Waals surface area contributed by atoms with E-state index >= 15 is 0 Å². The average Bonchev–Trinajstić information content (AvgIpc) is 3.42. The van der Waals surface area contributed by atoms with Crippen molar-refractivity contribution in [1.29, 1.82) is 0 Å². The molecule has 7 heteroatoms. The number of thiophene rings is 1. The van der Waals surface area contributed by atoms with Crippen LogP contribution in [-0.2, 0) is 6.42 Å². The molecule has 0 fully saturated rings. The van der Waals surface area contributed by atoms with Crippen LogP contribution in [0.3, 0.4) is 0 Å². The Balaban J connectivity index is 1.32. The number of aromatic nitrogens is 3. The summed E-state index contributed by atoms with van der Waals surface area (Å²) in [4.78, 5) is 18.3. The highest BCUT2D eigenvalue weighted by Gasteiger charge is 2.12. The second-order valence-electron chi connectivity index (χ2n) is 5.64. The molecule has 4 aromatic rings. The van der Waals surface area contributed by atoms with Gasteiger partial charge in [0.2, 0.25) is 0 Å². The van der Waals surface area contributed by atoms with E-state index in [1.165, 1.54) is 11.3 Å². The van der Waals surface area contributed by atoms with Gasteiger partial charge in [0.1, 0.15) is 9.88 Å². The van der Waals surface area contributed by atoms with E-state index in [4.69, 9.17) is 0 Å². The predicted molar refractivity (Wildman–Crippen MR) is 105 cm³/mol. The maximum absolute atomic E-state index is 12.3. The molecule has 0 unspecified atom stereocenters. The van der Waals surface area contributed by atoms with Crippen LogP contribution < -0.4 is 5.32 Å². The highest BCUT2D eigenvalue weighted by Crippen LogP contribution is 2.28. The highest BCUT2D eigenvalue weighted by atomic mass is 32.1. The molecule has 4 rings (SSSR count). The first-order chi connectivity index (χ1) is 12.8. The van der Waals surface area contributed by atoms with Crippen molar-refractivity contribution in [2.24, 2.45) is 0 Å². The van der Waals surface area contributed by atoms with Crippen molar-refractivity contribution < 1.29 is 4.79 Å². The number of carbonyl (C=O) groups excluding carboxylic acids is 1. The van der Waals surface area contributed by atoms with Gasteiger partial charge in [-0.1, -0.05) is 24.3 Å². The molecule has 5 nitrogen and oxygen atoms in total. The number of nitrogens with zero attached hydrogens (tertiary/aromatic N) is 3. The van der Waals surface area contributed by atoms with Crippen LogP contribution in [0, 0.1) is 0 Å².